The van der Waals surface area contributed by atoms with Crippen LogP contribution in [-0.4, -0.2) is 21.2 Å². The Hall–Kier alpha value is -1.69. The van der Waals surface area contributed by atoms with Gasteiger partial charge in [-0.05, 0) is 12.1 Å². The molecule has 0 spiro atoms. The van der Waals surface area contributed by atoms with Crippen LogP contribution in [-0.2, 0) is 0 Å². The maximum absolute atomic E-state index is 13.0. The average Bonchev–Trinajstić information content (AvgIpc) is 2.19. The minimum atomic E-state index is -1.13. The van der Waals surface area contributed by atoms with Gasteiger partial charge in [-0.2, -0.15) is 0 Å². The fourth-order valence-corrected chi connectivity index (χ4v) is 1.25. The fraction of sp³-hybridized carbons (Fsp3) is 0. The number of benzene rings is 1. The second-order valence-corrected chi connectivity index (χ2v) is 3.03. The highest BCUT2D eigenvalue weighted by molar-refractivity contribution is 8.93. The van der Waals surface area contributed by atoms with Gasteiger partial charge in [0.05, 0.1) is 11.1 Å². The summed E-state index contributed by atoms with van der Waals surface area (Å²) in [5.74, 6) is -2.43. The Labute approximate surface area is 100 Å². The second-order valence-electron chi connectivity index (χ2n) is 3.03. The Morgan fingerprint density at radius 3 is 2.62 bits per heavy atom. The number of aromatic nitrogens is 1. The van der Waals surface area contributed by atoms with Crippen molar-refractivity contribution in [2.45, 2.75) is 0 Å². The Morgan fingerprint density at radius 2 is 2.00 bits per heavy atom. The van der Waals surface area contributed by atoms with E-state index in [1.807, 2.05) is 0 Å². The molecule has 0 bridgehead atoms. The molecule has 6 heteroatoms. The number of hydrogen-bond acceptors (Lipinski definition) is 3. The van der Waals surface area contributed by atoms with Gasteiger partial charge in [0.2, 0.25) is 0 Å². The summed E-state index contributed by atoms with van der Waals surface area (Å²) in [6.45, 7) is 0. The Kier molecular flexibility index (Phi) is 3.44. The molecule has 0 unspecified atom stereocenters. The first-order valence-corrected chi connectivity index (χ1v) is 4.09. The summed E-state index contributed by atoms with van der Waals surface area (Å²) in [5.41, 5.74) is 0.325. The molecule has 1 heterocycles. The van der Waals surface area contributed by atoms with Gasteiger partial charge in [-0.1, -0.05) is 0 Å². The third-order valence-corrected chi connectivity index (χ3v) is 2.00. The predicted octanol–water partition coefficient (Wildman–Crippen LogP) is 2.36. The van der Waals surface area contributed by atoms with E-state index < -0.39 is 17.5 Å². The number of hydrogen-bond donors (Lipinski definition) is 2. The minimum Gasteiger partial charge on any atom is -0.505 e. The van der Waals surface area contributed by atoms with E-state index >= 15 is 0 Å². The zero-order chi connectivity index (χ0) is 11.0. The predicted molar refractivity (Wildman–Crippen MR) is 60.6 cm³/mol. The number of aromatic carboxylic acids is 1. The zero-order valence-corrected chi connectivity index (χ0v) is 9.56. The highest BCUT2D eigenvalue weighted by Crippen LogP contribution is 2.22. The topological polar surface area (TPSA) is 70.4 Å². The molecule has 0 aliphatic carbocycles. The van der Waals surface area contributed by atoms with Gasteiger partial charge >= 0.3 is 5.97 Å². The minimum absolute atomic E-state index is 0. The van der Waals surface area contributed by atoms with Crippen LogP contribution in [0.2, 0.25) is 0 Å². The van der Waals surface area contributed by atoms with Crippen molar-refractivity contribution in [3.63, 3.8) is 0 Å². The molecule has 0 saturated carbocycles. The number of halogens is 2. The van der Waals surface area contributed by atoms with Gasteiger partial charge in [-0.25, -0.2) is 9.18 Å². The molecule has 84 valence electrons. The highest BCUT2D eigenvalue weighted by atomic mass is 79.9. The molecule has 4 nitrogen and oxygen atoms in total. The Bertz CT molecular complexity index is 559. The molecule has 2 N–H and O–H groups in total. The van der Waals surface area contributed by atoms with Crippen molar-refractivity contribution >= 4 is 33.9 Å². The van der Waals surface area contributed by atoms with Crippen molar-refractivity contribution in [3.8, 4) is 5.75 Å². The molecule has 2 rings (SSSR count). The van der Waals surface area contributed by atoms with Gasteiger partial charge in [0.1, 0.15) is 0 Å². The highest BCUT2D eigenvalue weighted by Gasteiger charge is 2.07. The van der Waals surface area contributed by atoms with E-state index in [4.69, 9.17) is 10.2 Å². The van der Waals surface area contributed by atoms with E-state index in [1.165, 1.54) is 6.07 Å². The van der Waals surface area contributed by atoms with E-state index in [-0.39, 0.29) is 22.5 Å². The van der Waals surface area contributed by atoms with E-state index in [2.05, 4.69) is 4.98 Å². The molecule has 0 radical (unpaired) electrons. The number of rotatable bonds is 1. The van der Waals surface area contributed by atoms with Gasteiger partial charge in [0.15, 0.2) is 11.6 Å². The van der Waals surface area contributed by atoms with Crippen molar-refractivity contribution < 1.29 is 19.4 Å². The number of pyridine rings is 1. The monoisotopic (exact) mass is 287 g/mol. The number of carbonyl (C=O) groups is 1. The molecule has 0 amide bonds. The van der Waals surface area contributed by atoms with Gasteiger partial charge in [-0.3, -0.25) is 4.98 Å². The summed E-state index contributed by atoms with van der Waals surface area (Å²) < 4.78 is 13.0. The number of carboxylic acid groups (broad SMARTS) is 1. The number of carboxylic acids is 1. The standard InChI is InChI=1S/C10H6FNO3.BrH/c11-7-2-5-1-6(10(14)15)4-12-8(5)3-9(7)13;/h1-4,13H,(H,14,15);1H. The van der Waals surface area contributed by atoms with Crippen molar-refractivity contribution in [3.05, 3.63) is 35.8 Å². The first-order valence-electron chi connectivity index (χ1n) is 4.09. The summed E-state index contributed by atoms with van der Waals surface area (Å²) in [7, 11) is 0. The number of fused-ring (bicyclic) bond motifs is 1. The SMILES string of the molecule is Br.O=C(O)c1cnc2cc(O)c(F)cc2c1. The molecule has 0 aliphatic heterocycles. The molecule has 16 heavy (non-hydrogen) atoms. The fourth-order valence-electron chi connectivity index (χ4n) is 1.25. The van der Waals surface area contributed by atoms with Gasteiger partial charge in [0, 0.05) is 17.6 Å². The van der Waals surface area contributed by atoms with E-state index in [0.29, 0.717) is 10.9 Å². The van der Waals surface area contributed by atoms with Crippen LogP contribution in [0.1, 0.15) is 10.4 Å². The van der Waals surface area contributed by atoms with Crippen LogP contribution in [0.5, 0.6) is 5.75 Å². The summed E-state index contributed by atoms with van der Waals surface area (Å²) in [6, 6.07) is 3.49. The lowest BCUT2D eigenvalue weighted by atomic mass is 10.1. The first kappa shape index (κ1) is 12.4. The second kappa shape index (κ2) is 4.44. The lowest BCUT2D eigenvalue weighted by Gasteiger charge is -2.00. The quantitative estimate of drug-likeness (QED) is 0.845. The summed E-state index contributed by atoms with van der Waals surface area (Å²) in [5, 5.41) is 18.1. The lowest BCUT2D eigenvalue weighted by Crippen LogP contribution is -1.97. The Balaban J connectivity index is 0.00000128. The van der Waals surface area contributed by atoms with Crippen LogP contribution < -0.4 is 0 Å². The normalized spacial score (nSPS) is 9.81. The van der Waals surface area contributed by atoms with E-state index in [1.54, 1.807) is 0 Å². The van der Waals surface area contributed by atoms with E-state index in [0.717, 1.165) is 18.3 Å². The number of phenolic OH excluding ortho intramolecular Hbond substituents is 1. The molecule has 0 saturated heterocycles. The van der Waals surface area contributed by atoms with Crippen LogP contribution >= 0.6 is 17.0 Å². The van der Waals surface area contributed by atoms with Gasteiger partial charge in [0.25, 0.3) is 0 Å². The van der Waals surface area contributed by atoms with Crippen molar-refractivity contribution in [1.29, 1.82) is 0 Å². The van der Waals surface area contributed by atoms with Gasteiger partial charge in [-0.15, -0.1) is 17.0 Å². The summed E-state index contributed by atoms with van der Waals surface area (Å²) in [4.78, 5) is 14.4. The molecule has 0 aliphatic rings. The zero-order valence-electron chi connectivity index (χ0n) is 7.85. The molecular weight excluding hydrogens is 281 g/mol. The van der Waals surface area contributed by atoms with Crippen LogP contribution in [0.4, 0.5) is 4.39 Å². The first-order chi connectivity index (χ1) is 7.08. The number of nitrogens with zero attached hydrogens (tertiary/aromatic N) is 1. The Morgan fingerprint density at radius 1 is 1.31 bits per heavy atom. The van der Waals surface area contributed by atoms with Crippen molar-refractivity contribution in [1.82, 2.24) is 4.98 Å². The lowest BCUT2D eigenvalue weighted by molar-refractivity contribution is 0.0696. The molecular formula is C10H7BrFNO3. The maximum atomic E-state index is 13.0. The van der Waals surface area contributed by atoms with Crippen LogP contribution in [0.25, 0.3) is 10.9 Å². The third kappa shape index (κ3) is 2.11. The van der Waals surface area contributed by atoms with Crippen LogP contribution in [0, 0.1) is 5.82 Å². The largest absolute Gasteiger partial charge is 0.505 e. The summed E-state index contributed by atoms with van der Waals surface area (Å²) >= 11 is 0. The maximum Gasteiger partial charge on any atom is 0.337 e. The molecule has 0 atom stereocenters. The number of aromatic hydroxyl groups is 1. The van der Waals surface area contributed by atoms with E-state index in [9.17, 15) is 9.18 Å². The summed E-state index contributed by atoms with van der Waals surface area (Å²) in [6.07, 6.45) is 1.15. The smallest absolute Gasteiger partial charge is 0.337 e. The molecule has 1 aromatic heterocycles. The molecule has 0 fully saturated rings. The number of phenols is 1. The van der Waals surface area contributed by atoms with Crippen LogP contribution in [0.15, 0.2) is 24.4 Å². The van der Waals surface area contributed by atoms with Gasteiger partial charge < -0.3 is 10.2 Å². The molecule has 2 aromatic rings. The average molecular weight is 288 g/mol. The van der Waals surface area contributed by atoms with Crippen molar-refractivity contribution in [2.24, 2.45) is 0 Å². The molecule has 1 aromatic carbocycles. The third-order valence-electron chi connectivity index (χ3n) is 2.00. The van der Waals surface area contributed by atoms with Crippen molar-refractivity contribution in [2.75, 3.05) is 0 Å². The van der Waals surface area contributed by atoms with Crippen LogP contribution in [0.3, 0.4) is 0 Å².